The zero-order valence-corrected chi connectivity index (χ0v) is 16.4. The van der Waals surface area contributed by atoms with Gasteiger partial charge in [0.05, 0.1) is 12.9 Å². The summed E-state index contributed by atoms with van der Waals surface area (Å²) in [5.41, 5.74) is 6.95. The summed E-state index contributed by atoms with van der Waals surface area (Å²) in [7, 11) is 0. The van der Waals surface area contributed by atoms with Gasteiger partial charge in [-0.05, 0) is 19.8 Å². The number of imidazole rings is 1. The Morgan fingerprint density at radius 3 is 2.43 bits per heavy atom. The van der Waals surface area contributed by atoms with Crippen molar-refractivity contribution < 1.29 is 0 Å². The van der Waals surface area contributed by atoms with Crippen LogP contribution in [0.1, 0.15) is 45.3 Å². The second-order valence-electron chi connectivity index (χ2n) is 5.78. The molecule has 0 radical (unpaired) electrons. The third kappa shape index (κ3) is 5.67. The van der Waals surface area contributed by atoms with E-state index in [0.29, 0.717) is 18.5 Å². The number of rotatable bonds is 7. The van der Waals surface area contributed by atoms with Crippen molar-refractivity contribution in [3.63, 3.8) is 0 Å². The summed E-state index contributed by atoms with van der Waals surface area (Å²) < 4.78 is 4.31. The first-order valence-electron chi connectivity index (χ1n) is 7.28. The van der Waals surface area contributed by atoms with Crippen LogP contribution in [0.15, 0.2) is 17.7 Å². The Morgan fingerprint density at radius 2 is 1.87 bits per heavy atom. The molecule has 0 aliphatic rings. The van der Waals surface area contributed by atoms with Crippen molar-refractivity contribution in [3.8, 4) is 0 Å². The Hall–Kier alpha value is -0.760. The highest BCUT2D eigenvalue weighted by Crippen LogP contribution is 2.24. The molecule has 0 spiro atoms. The maximum Gasteiger partial charge on any atom is 0.191 e. The number of nitrogens with two attached hydrogens (primary N) is 1. The molecule has 2 rings (SSSR count). The lowest BCUT2D eigenvalue weighted by Crippen LogP contribution is -2.13. The predicted molar refractivity (Wildman–Crippen MR) is 99.4 cm³/mol. The highest BCUT2D eigenvalue weighted by Gasteiger charge is 2.14. The van der Waals surface area contributed by atoms with E-state index in [1.165, 1.54) is 5.69 Å². The molecule has 0 bridgehead atoms. The van der Waals surface area contributed by atoms with Crippen LogP contribution in [-0.4, -0.2) is 24.3 Å². The molecule has 0 unspecified atom stereocenters. The SMILES string of the molecule is CC(C)Cn1c(CN)nnc1SCc1cncn1C(C)C.Cl.Cl. The van der Waals surface area contributed by atoms with Gasteiger partial charge in [0.25, 0.3) is 0 Å². The van der Waals surface area contributed by atoms with Crippen molar-refractivity contribution in [3.05, 3.63) is 24.0 Å². The number of thioether (sulfide) groups is 1. The summed E-state index contributed by atoms with van der Waals surface area (Å²) in [6.07, 6.45) is 3.80. The molecule has 0 fully saturated rings. The van der Waals surface area contributed by atoms with Gasteiger partial charge in [-0.3, -0.25) is 0 Å². The Kier molecular flexibility index (Phi) is 9.84. The number of aromatic nitrogens is 5. The van der Waals surface area contributed by atoms with Crippen LogP contribution in [0, 0.1) is 5.92 Å². The summed E-state index contributed by atoms with van der Waals surface area (Å²) in [6, 6.07) is 0.413. The molecule has 0 aliphatic carbocycles. The number of hydrogen-bond donors (Lipinski definition) is 1. The quantitative estimate of drug-likeness (QED) is 0.745. The predicted octanol–water partition coefficient (Wildman–Crippen LogP) is 3.31. The van der Waals surface area contributed by atoms with Gasteiger partial charge in [-0.1, -0.05) is 25.6 Å². The lowest BCUT2D eigenvalue weighted by atomic mass is 10.2. The third-order valence-corrected chi connectivity index (χ3v) is 4.18. The first kappa shape index (κ1) is 22.2. The maximum absolute atomic E-state index is 5.75. The Labute approximate surface area is 154 Å². The minimum absolute atomic E-state index is 0. The summed E-state index contributed by atoms with van der Waals surface area (Å²) >= 11 is 1.69. The molecule has 6 nitrogen and oxygen atoms in total. The average Bonchev–Trinajstić information content (AvgIpc) is 3.02. The monoisotopic (exact) mass is 380 g/mol. The van der Waals surface area contributed by atoms with Gasteiger partial charge in [0.1, 0.15) is 5.82 Å². The summed E-state index contributed by atoms with van der Waals surface area (Å²) in [5, 5.41) is 9.40. The van der Waals surface area contributed by atoms with Crippen molar-refractivity contribution in [2.45, 2.75) is 57.7 Å². The number of halogens is 2. The Bertz CT molecular complexity index is 582. The van der Waals surface area contributed by atoms with Gasteiger partial charge >= 0.3 is 0 Å². The smallest absolute Gasteiger partial charge is 0.191 e. The minimum atomic E-state index is 0. The highest BCUT2D eigenvalue weighted by atomic mass is 35.5. The van der Waals surface area contributed by atoms with E-state index in [9.17, 15) is 0 Å². The van der Waals surface area contributed by atoms with Crippen LogP contribution < -0.4 is 5.73 Å². The zero-order chi connectivity index (χ0) is 15.4. The fourth-order valence-corrected chi connectivity index (χ4v) is 3.11. The molecule has 0 amide bonds. The third-order valence-electron chi connectivity index (χ3n) is 3.18. The van der Waals surface area contributed by atoms with Gasteiger partial charge in [0.15, 0.2) is 5.16 Å². The fraction of sp³-hybridized carbons (Fsp3) is 0.643. The van der Waals surface area contributed by atoms with Crippen LogP contribution >= 0.6 is 36.6 Å². The summed E-state index contributed by atoms with van der Waals surface area (Å²) in [4.78, 5) is 4.23. The molecular formula is C14H26Cl2N6S. The van der Waals surface area contributed by atoms with Crippen molar-refractivity contribution in [2.24, 2.45) is 11.7 Å². The van der Waals surface area contributed by atoms with E-state index in [-0.39, 0.29) is 24.8 Å². The largest absolute Gasteiger partial charge is 0.331 e. The number of nitrogens with zero attached hydrogens (tertiary/aromatic N) is 5. The molecule has 23 heavy (non-hydrogen) atoms. The molecule has 2 aromatic heterocycles. The zero-order valence-electron chi connectivity index (χ0n) is 14.0. The van der Waals surface area contributed by atoms with Crippen LogP contribution in [-0.2, 0) is 18.8 Å². The van der Waals surface area contributed by atoms with Crippen molar-refractivity contribution >= 4 is 36.6 Å². The van der Waals surface area contributed by atoms with Crippen LogP contribution in [0.2, 0.25) is 0 Å². The molecule has 2 heterocycles. The fourth-order valence-electron chi connectivity index (χ4n) is 2.17. The van der Waals surface area contributed by atoms with Gasteiger partial charge in [-0.25, -0.2) is 4.98 Å². The molecular weight excluding hydrogens is 355 g/mol. The van der Waals surface area contributed by atoms with Crippen molar-refractivity contribution in [1.29, 1.82) is 0 Å². The Morgan fingerprint density at radius 1 is 1.17 bits per heavy atom. The van der Waals surface area contributed by atoms with Crippen LogP contribution in [0.4, 0.5) is 0 Å². The van der Waals surface area contributed by atoms with E-state index in [1.54, 1.807) is 11.8 Å². The molecule has 0 atom stereocenters. The highest BCUT2D eigenvalue weighted by molar-refractivity contribution is 7.98. The van der Waals surface area contributed by atoms with E-state index in [1.807, 2.05) is 12.5 Å². The standard InChI is InChI=1S/C14H24N6S.2ClH/c1-10(2)7-19-13(5-15)17-18-14(19)21-8-12-6-16-9-20(12)11(3)4;;/h6,9-11H,5,7-8,15H2,1-4H3;2*1H. The van der Waals surface area contributed by atoms with Crippen molar-refractivity contribution in [1.82, 2.24) is 24.3 Å². The summed E-state index contributed by atoms with van der Waals surface area (Å²) in [6.45, 7) is 9.99. The first-order valence-corrected chi connectivity index (χ1v) is 8.27. The van der Waals surface area contributed by atoms with E-state index in [0.717, 1.165) is 23.3 Å². The minimum Gasteiger partial charge on any atom is -0.331 e. The Balaban J connectivity index is 0.00000242. The summed E-state index contributed by atoms with van der Waals surface area (Å²) in [5.74, 6) is 2.22. The number of hydrogen-bond acceptors (Lipinski definition) is 5. The van der Waals surface area contributed by atoms with Gasteiger partial charge in [0.2, 0.25) is 0 Å². The van der Waals surface area contributed by atoms with E-state index >= 15 is 0 Å². The lowest BCUT2D eigenvalue weighted by molar-refractivity contribution is 0.480. The van der Waals surface area contributed by atoms with Gasteiger partial charge in [0, 0.05) is 30.2 Å². The topological polar surface area (TPSA) is 74.6 Å². The second-order valence-corrected chi connectivity index (χ2v) is 6.72. The van der Waals surface area contributed by atoms with E-state index in [4.69, 9.17) is 5.73 Å². The van der Waals surface area contributed by atoms with Crippen LogP contribution in [0.5, 0.6) is 0 Å². The maximum atomic E-state index is 5.75. The molecule has 0 saturated carbocycles. The molecule has 132 valence electrons. The van der Waals surface area contributed by atoms with Crippen molar-refractivity contribution in [2.75, 3.05) is 0 Å². The normalized spacial score (nSPS) is 10.7. The lowest BCUT2D eigenvalue weighted by Gasteiger charge is -2.13. The molecule has 0 aromatic carbocycles. The first-order chi connectivity index (χ1) is 10.0. The van der Waals surface area contributed by atoms with Gasteiger partial charge < -0.3 is 14.9 Å². The molecule has 0 saturated heterocycles. The van der Waals surface area contributed by atoms with E-state index < -0.39 is 0 Å². The average molecular weight is 381 g/mol. The second kappa shape index (κ2) is 10.2. The molecule has 9 heteroatoms. The van der Waals surface area contributed by atoms with Crippen LogP contribution in [0.25, 0.3) is 0 Å². The molecule has 2 aromatic rings. The molecule has 2 N–H and O–H groups in total. The van der Waals surface area contributed by atoms with E-state index in [2.05, 4.69) is 52.0 Å². The molecule has 0 aliphatic heterocycles. The van der Waals surface area contributed by atoms with Gasteiger partial charge in [-0.15, -0.1) is 35.0 Å². The van der Waals surface area contributed by atoms with Gasteiger partial charge in [-0.2, -0.15) is 0 Å². The van der Waals surface area contributed by atoms with Crippen LogP contribution in [0.3, 0.4) is 0 Å².